The molecule has 0 aliphatic carbocycles. The molecule has 2 aliphatic rings. The molecular formula is C19H21N3O3S2. The number of hydrogen-bond donors (Lipinski definition) is 1. The summed E-state index contributed by atoms with van der Waals surface area (Å²) in [4.78, 5) is 32.2. The van der Waals surface area contributed by atoms with E-state index in [0.29, 0.717) is 17.3 Å². The molecular weight excluding hydrogens is 382 g/mol. The zero-order chi connectivity index (χ0) is 19.2. The number of anilines is 1. The van der Waals surface area contributed by atoms with Gasteiger partial charge in [0, 0.05) is 22.6 Å². The van der Waals surface area contributed by atoms with Crippen LogP contribution in [-0.4, -0.2) is 45.5 Å². The maximum absolute atomic E-state index is 12.8. The first-order valence-corrected chi connectivity index (χ1v) is 10.6. The Bertz CT molecular complexity index is 896. The smallest absolute Gasteiger partial charge is 0.249 e. The number of rotatable bonds is 4. The lowest BCUT2D eigenvalue weighted by atomic mass is 10.1. The van der Waals surface area contributed by atoms with E-state index in [1.807, 2.05) is 38.1 Å². The normalized spacial score (nSPS) is 24.2. The van der Waals surface area contributed by atoms with Crippen molar-refractivity contribution >= 4 is 40.0 Å². The van der Waals surface area contributed by atoms with E-state index in [1.54, 1.807) is 23.8 Å². The first kappa shape index (κ1) is 18.3. The number of benzene rings is 1. The highest BCUT2D eigenvalue weighted by atomic mass is 32.2. The SMILES string of the molecule is COc1ccc(-c2nc(NC(=O)[C@@H]3CS[C@@]4(C)CCC(=O)N34)sc2C)cc1. The van der Waals surface area contributed by atoms with Gasteiger partial charge in [-0.3, -0.25) is 9.59 Å². The van der Waals surface area contributed by atoms with Crippen molar-refractivity contribution in [2.45, 2.75) is 37.6 Å². The molecule has 142 valence electrons. The van der Waals surface area contributed by atoms with Crippen molar-refractivity contribution < 1.29 is 14.3 Å². The van der Waals surface area contributed by atoms with Crippen LogP contribution >= 0.6 is 23.1 Å². The van der Waals surface area contributed by atoms with Gasteiger partial charge < -0.3 is 15.0 Å². The van der Waals surface area contributed by atoms with Crippen LogP contribution < -0.4 is 10.1 Å². The average molecular weight is 404 g/mol. The van der Waals surface area contributed by atoms with Gasteiger partial charge in [0.2, 0.25) is 11.8 Å². The summed E-state index contributed by atoms with van der Waals surface area (Å²) in [6.45, 7) is 4.03. The molecule has 2 amide bonds. The molecule has 0 spiro atoms. The number of aromatic nitrogens is 1. The number of fused-ring (bicyclic) bond motifs is 1. The molecule has 2 aromatic rings. The van der Waals surface area contributed by atoms with Crippen LogP contribution in [-0.2, 0) is 9.59 Å². The fourth-order valence-electron chi connectivity index (χ4n) is 3.67. The van der Waals surface area contributed by atoms with Crippen molar-refractivity contribution in [3.05, 3.63) is 29.1 Å². The minimum absolute atomic E-state index is 0.0666. The van der Waals surface area contributed by atoms with Gasteiger partial charge in [0.15, 0.2) is 5.13 Å². The second kappa shape index (κ2) is 6.83. The Morgan fingerprint density at radius 1 is 1.37 bits per heavy atom. The molecule has 1 aromatic heterocycles. The predicted octanol–water partition coefficient (Wildman–Crippen LogP) is 3.52. The predicted molar refractivity (Wildman–Crippen MR) is 108 cm³/mol. The molecule has 6 nitrogen and oxygen atoms in total. The highest BCUT2D eigenvalue weighted by molar-refractivity contribution is 8.01. The zero-order valence-electron chi connectivity index (χ0n) is 15.4. The van der Waals surface area contributed by atoms with Gasteiger partial charge in [0.05, 0.1) is 17.7 Å². The van der Waals surface area contributed by atoms with Crippen LogP contribution in [0.3, 0.4) is 0 Å². The average Bonchev–Trinajstić information content (AvgIpc) is 3.28. The van der Waals surface area contributed by atoms with Crippen LogP contribution in [0.5, 0.6) is 5.75 Å². The molecule has 2 saturated heterocycles. The van der Waals surface area contributed by atoms with Crippen molar-refractivity contribution in [1.29, 1.82) is 0 Å². The monoisotopic (exact) mass is 403 g/mol. The van der Waals surface area contributed by atoms with Crippen molar-refractivity contribution in [3.63, 3.8) is 0 Å². The number of methoxy groups -OCH3 is 1. The molecule has 0 saturated carbocycles. The Labute approximate surface area is 166 Å². The molecule has 0 radical (unpaired) electrons. The van der Waals surface area contributed by atoms with Crippen LogP contribution in [0, 0.1) is 6.92 Å². The number of thiazole rings is 1. The van der Waals surface area contributed by atoms with Gasteiger partial charge in [-0.1, -0.05) is 0 Å². The molecule has 3 heterocycles. The maximum Gasteiger partial charge on any atom is 0.249 e. The van der Waals surface area contributed by atoms with Gasteiger partial charge in [0.25, 0.3) is 0 Å². The van der Waals surface area contributed by atoms with Crippen LogP contribution in [0.2, 0.25) is 0 Å². The summed E-state index contributed by atoms with van der Waals surface area (Å²) in [5.41, 5.74) is 1.82. The molecule has 1 N–H and O–H groups in total. The highest BCUT2D eigenvalue weighted by Gasteiger charge is 2.52. The number of carbonyl (C=O) groups excluding carboxylic acids is 2. The summed E-state index contributed by atoms with van der Waals surface area (Å²) in [6.07, 6.45) is 1.32. The molecule has 0 bridgehead atoms. The first-order chi connectivity index (χ1) is 12.9. The minimum Gasteiger partial charge on any atom is -0.497 e. The summed E-state index contributed by atoms with van der Waals surface area (Å²) < 4.78 is 5.19. The second-order valence-corrected chi connectivity index (χ2v) is 9.61. The molecule has 27 heavy (non-hydrogen) atoms. The molecule has 2 atom stereocenters. The van der Waals surface area contributed by atoms with Gasteiger partial charge in [-0.15, -0.1) is 23.1 Å². The minimum atomic E-state index is -0.427. The van der Waals surface area contributed by atoms with E-state index in [9.17, 15) is 9.59 Å². The van der Waals surface area contributed by atoms with Crippen LogP contribution in [0.1, 0.15) is 24.6 Å². The van der Waals surface area contributed by atoms with Gasteiger partial charge in [-0.05, 0) is 44.5 Å². The van der Waals surface area contributed by atoms with E-state index in [2.05, 4.69) is 10.3 Å². The summed E-state index contributed by atoms with van der Waals surface area (Å²) in [6, 6.07) is 7.26. The number of carbonyl (C=O) groups is 2. The number of thioether (sulfide) groups is 1. The summed E-state index contributed by atoms with van der Waals surface area (Å²) in [5.74, 6) is 1.33. The lowest BCUT2D eigenvalue weighted by Gasteiger charge is -2.29. The molecule has 2 aliphatic heterocycles. The molecule has 1 aromatic carbocycles. The van der Waals surface area contributed by atoms with Crippen LogP contribution in [0.4, 0.5) is 5.13 Å². The third-order valence-corrected chi connectivity index (χ3v) is 7.53. The van der Waals surface area contributed by atoms with Gasteiger partial charge in [-0.2, -0.15) is 0 Å². The molecule has 2 fully saturated rings. The van der Waals surface area contributed by atoms with Crippen molar-refractivity contribution in [2.24, 2.45) is 0 Å². The lowest BCUT2D eigenvalue weighted by Crippen LogP contribution is -2.48. The number of nitrogens with one attached hydrogen (secondary N) is 1. The third kappa shape index (κ3) is 3.21. The lowest BCUT2D eigenvalue weighted by molar-refractivity contribution is -0.135. The number of nitrogens with zero attached hydrogens (tertiary/aromatic N) is 2. The van der Waals surface area contributed by atoms with Gasteiger partial charge in [-0.25, -0.2) is 4.98 Å². The Morgan fingerprint density at radius 2 is 2.11 bits per heavy atom. The topological polar surface area (TPSA) is 71.5 Å². The number of ether oxygens (including phenoxy) is 1. The number of aryl methyl sites for hydroxylation is 1. The molecule has 8 heteroatoms. The number of amides is 2. The van der Waals surface area contributed by atoms with Crippen molar-refractivity contribution in [1.82, 2.24) is 9.88 Å². The van der Waals surface area contributed by atoms with E-state index in [1.165, 1.54) is 11.3 Å². The fraction of sp³-hybridized carbons (Fsp3) is 0.421. The van der Waals surface area contributed by atoms with Gasteiger partial charge in [0.1, 0.15) is 11.8 Å². The maximum atomic E-state index is 12.8. The van der Waals surface area contributed by atoms with E-state index in [0.717, 1.165) is 28.3 Å². The van der Waals surface area contributed by atoms with E-state index in [4.69, 9.17) is 4.74 Å². The first-order valence-electron chi connectivity index (χ1n) is 8.80. The Kier molecular flexibility index (Phi) is 4.63. The Morgan fingerprint density at radius 3 is 2.81 bits per heavy atom. The van der Waals surface area contributed by atoms with Gasteiger partial charge >= 0.3 is 0 Å². The second-order valence-electron chi connectivity index (χ2n) is 6.91. The highest BCUT2D eigenvalue weighted by Crippen LogP contribution is 2.47. The van der Waals surface area contributed by atoms with Crippen molar-refractivity contribution in [2.75, 3.05) is 18.2 Å². The van der Waals surface area contributed by atoms with E-state index >= 15 is 0 Å². The quantitative estimate of drug-likeness (QED) is 0.846. The van der Waals surface area contributed by atoms with E-state index < -0.39 is 6.04 Å². The van der Waals surface area contributed by atoms with Crippen molar-refractivity contribution in [3.8, 4) is 17.0 Å². The zero-order valence-corrected chi connectivity index (χ0v) is 17.1. The standard InChI is InChI=1S/C19H21N3O3S2/c1-11-16(12-4-6-13(25-3)7-5-12)20-18(27-11)21-17(24)14-10-26-19(2)9-8-15(23)22(14)19/h4-7,14H,8-10H2,1-3H3,(H,20,21,24)/t14-,19-/m0/s1. The number of hydrogen-bond acceptors (Lipinski definition) is 6. The van der Waals surface area contributed by atoms with Crippen LogP contribution in [0.25, 0.3) is 11.3 Å². The van der Waals surface area contributed by atoms with Crippen LogP contribution in [0.15, 0.2) is 24.3 Å². The Hall–Kier alpha value is -2.06. The molecule has 4 rings (SSSR count). The summed E-state index contributed by atoms with van der Waals surface area (Å²) >= 11 is 3.14. The fourth-order valence-corrected chi connectivity index (χ4v) is 5.94. The third-order valence-electron chi connectivity index (χ3n) is 5.14. The molecule has 0 unspecified atom stereocenters. The summed E-state index contributed by atoms with van der Waals surface area (Å²) in [5, 5.41) is 3.49. The van der Waals surface area contributed by atoms with E-state index in [-0.39, 0.29) is 16.7 Å². The summed E-state index contributed by atoms with van der Waals surface area (Å²) in [7, 11) is 1.63. The largest absolute Gasteiger partial charge is 0.497 e. The Balaban J connectivity index is 1.52.